The maximum absolute atomic E-state index is 12.4. The Kier molecular flexibility index (Phi) is 5.77. The number of nitro groups is 1. The quantitative estimate of drug-likeness (QED) is 0.641. The fourth-order valence-electron chi connectivity index (χ4n) is 2.88. The molecule has 0 bridgehead atoms. The molecule has 8 nitrogen and oxygen atoms in total. The number of hydrogen-bond acceptors (Lipinski definition) is 5. The standard InChI is InChI=1S/C19H19N3O5/c23-18(12-20-19(24)15-7-4-8-16(11-15)22(25)26)21-9-10-27-17(13-21)14-5-2-1-3-6-14/h1-8,11,17H,9-10,12-13H2,(H,20,24)/t17-/m0/s1. The molecule has 0 aliphatic carbocycles. The second-order valence-corrected chi connectivity index (χ2v) is 6.10. The molecule has 1 N–H and O–H groups in total. The molecule has 1 saturated heterocycles. The molecule has 1 fully saturated rings. The van der Waals surface area contributed by atoms with Gasteiger partial charge in [-0.15, -0.1) is 0 Å². The second kappa shape index (κ2) is 8.41. The van der Waals surface area contributed by atoms with Gasteiger partial charge >= 0.3 is 0 Å². The van der Waals surface area contributed by atoms with Gasteiger partial charge in [-0.2, -0.15) is 0 Å². The molecule has 2 aromatic rings. The van der Waals surface area contributed by atoms with E-state index in [9.17, 15) is 19.7 Å². The first kappa shape index (κ1) is 18.5. The first-order chi connectivity index (χ1) is 13.0. The average Bonchev–Trinajstić information content (AvgIpc) is 2.72. The van der Waals surface area contributed by atoms with Crippen molar-refractivity contribution >= 4 is 17.5 Å². The van der Waals surface area contributed by atoms with E-state index < -0.39 is 10.8 Å². The molecule has 0 saturated carbocycles. The van der Waals surface area contributed by atoms with Gasteiger partial charge in [-0.1, -0.05) is 36.4 Å². The van der Waals surface area contributed by atoms with Crippen LogP contribution >= 0.6 is 0 Å². The summed E-state index contributed by atoms with van der Waals surface area (Å²) in [7, 11) is 0. The van der Waals surface area contributed by atoms with Crippen molar-refractivity contribution in [1.29, 1.82) is 0 Å². The zero-order chi connectivity index (χ0) is 19.2. The topological polar surface area (TPSA) is 102 Å². The van der Waals surface area contributed by atoms with E-state index in [0.717, 1.165) is 5.56 Å². The maximum atomic E-state index is 12.4. The fourth-order valence-corrected chi connectivity index (χ4v) is 2.88. The minimum atomic E-state index is -0.570. The Morgan fingerprint density at radius 3 is 2.70 bits per heavy atom. The molecule has 140 valence electrons. The summed E-state index contributed by atoms with van der Waals surface area (Å²) in [6.07, 6.45) is -0.198. The van der Waals surface area contributed by atoms with Crippen molar-refractivity contribution in [3.63, 3.8) is 0 Å². The molecule has 1 aliphatic heterocycles. The normalized spacial score (nSPS) is 16.6. The third-order valence-corrected chi connectivity index (χ3v) is 4.31. The van der Waals surface area contributed by atoms with Crippen LogP contribution in [0.4, 0.5) is 5.69 Å². The van der Waals surface area contributed by atoms with Gasteiger partial charge in [0.15, 0.2) is 0 Å². The van der Waals surface area contributed by atoms with Crippen LogP contribution < -0.4 is 5.32 Å². The Hall–Kier alpha value is -3.26. The molecule has 0 aromatic heterocycles. The van der Waals surface area contributed by atoms with Crippen molar-refractivity contribution in [2.75, 3.05) is 26.2 Å². The van der Waals surface area contributed by atoms with Crippen molar-refractivity contribution in [3.05, 3.63) is 75.8 Å². The van der Waals surface area contributed by atoms with Crippen molar-refractivity contribution in [3.8, 4) is 0 Å². The molecule has 0 spiro atoms. The van der Waals surface area contributed by atoms with Gasteiger partial charge in [-0.3, -0.25) is 19.7 Å². The highest BCUT2D eigenvalue weighted by Gasteiger charge is 2.25. The SMILES string of the molecule is O=C(NCC(=O)N1CCO[C@H](c2ccccc2)C1)c1cccc([N+](=O)[O-])c1. The van der Waals surface area contributed by atoms with Crippen LogP contribution in [0.1, 0.15) is 22.0 Å². The summed E-state index contributed by atoms with van der Waals surface area (Å²) in [5.41, 5.74) is 0.963. The first-order valence-corrected chi connectivity index (χ1v) is 8.51. The van der Waals surface area contributed by atoms with Crippen LogP contribution in [0, 0.1) is 10.1 Å². The molecule has 1 aliphatic rings. The third-order valence-electron chi connectivity index (χ3n) is 4.31. The summed E-state index contributed by atoms with van der Waals surface area (Å²) >= 11 is 0. The van der Waals surface area contributed by atoms with Gasteiger partial charge in [0.2, 0.25) is 5.91 Å². The van der Waals surface area contributed by atoms with Gasteiger partial charge in [0.25, 0.3) is 11.6 Å². The van der Waals surface area contributed by atoms with Crippen LogP contribution in [0.5, 0.6) is 0 Å². The molecule has 1 heterocycles. The Bertz CT molecular complexity index is 840. The van der Waals surface area contributed by atoms with E-state index in [-0.39, 0.29) is 29.8 Å². The van der Waals surface area contributed by atoms with Crippen molar-refractivity contribution in [2.45, 2.75) is 6.10 Å². The van der Waals surface area contributed by atoms with Crippen molar-refractivity contribution < 1.29 is 19.2 Å². The van der Waals surface area contributed by atoms with Gasteiger partial charge in [-0.25, -0.2) is 0 Å². The molecular weight excluding hydrogens is 350 g/mol. The van der Waals surface area contributed by atoms with E-state index in [1.165, 1.54) is 24.3 Å². The maximum Gasteiger partial charge on any atom is 0.270 e. The predicted octanol–water partition coefficient (Wildman–Crippen LogP) is 1.92. The number of nitrogens with zero attached hydrogens (tertiary/aromatic N) is 2. The minimum Gasteiger partial charge on any atom is -0.370 e. The smallest absolute Gasteiger partial charge is 0.270 e. The summed E-state index contributed by atoms with van der Waals surface area (Å²) in [5.74, 6) is -0.752. The van der Waals surface area contributed by atoms with E-state index in [1.54, 1.807) is 4.90 Å². The lowest BCUT2D eigenvalue weighted by Gasteiger charge is -2.33. The van der Waals surface area contributed by atoms with Crippen molar-refractivity contribution in [2.24, 2.45) is 0 Å². The number of benzene rings is 2. The third kappa shape index (κ3) is 4.68. The van der Waals surface area contributed by atoms with Crippen LogP contribution in [-0.2, 0) is 9.53 Å². The molecule has 1 atom stereocenters. The highest BCUT2D eigenvalue weighted by atomic mass is 16.6. The van der Waals surface area contributed by atoms with E-state index in [4.69, 9.17) is 4.74 Å². The molecule has 2 amide bonds. The Balaban J connectivity index is 1.56. The van der Waals surface area contributed by atoms with Gasteiger partial charge in [0.05, 0.1) is 24.6 Å². The lowest BCUT2D eigenvalue weighted by atomic mass is 10.1. The highest BCUT2D eigenvalue weighted by molar-refractivity contribution is 5.96. The molecule has 0 unspecified atom stereocenters. The number of carbonyl (C=O) groups excluding carboxylic acids is 2. The van der Waals surface area contributed by atoms with Crippen LogP contribution in [0.15, 0.2) is 54.6 Å². The monoisotopic (exact) mass is 369 g/mol. The van der Waals surface area contributed by atoms with E-state index >= 15 is 0 Å². The zero-order valence-electron chi connectivity index (χ0n) is 14.5. The average molecular weight is 369 g/mol. The van der Waals surface area contributed by atoms with Crippen LogP contribution in [-0.4, -0.2) is 47.9 Å². The number of carbonyl (C=O) groups is 2. The zero-order valence-corrected chi connectivity index (χ0v) is 14.5. The molecule has 0 radical (unpaired) electrons. The minimum absolute atomic E-state index is 0.140. The molecule has 2 aromatic carbocycles. The number of morpholine rings is 1. The number of rotatable bonds is 5. The number of amides is 2. The highest BCUT2D eigenvalue weighted by Crippen LogP contribution is 2.21. The van der Waals surface area contributed by atoms with Gasteiger partial charge in [0, 0.05) is 24.2 Å². The number of non-ortho nitro benzene ring substituents is 1. The summed E-state index contributed by atoms with van der Waals surface area (Å²) in [5, 5.41) is 13.3. The Morgan fingerprint density at radius 1 is 1.19 bits per heavy atom. The van der Waals surface area contributed by atoms with E-state index in [0.29, 0.717) is 19.7 Å². The summed E-state index contributed by atoms with van der Waals surface area (Å²) in [6, 6.07) is 15.0. The Morgan fingerprint density at radius 2 is 1.96 bits per heavy atom. The van der Waals surface area contributed by atoms with Gasteiger partial charge in [0.1, 0.15) is 6.10 Å². The summed E-state index contributed by atoms with van der Waals surface area (Å²) in [4.78, 5) is 36.5. The van der Waals surface area contributed by atoms with Crippen LogP contribution in [0.25, 0.3) is 0 Å². The second-order valence-electron chi connectivity index (χ2n) is 6.10. The summed E-state index contributed by atoms with van der Waals surface area (Å²) in [6.45, 7) is 1.11. The molecule has 8 heteroatoms. The number of hydrogen-bond donors (Lipinski definition) is 1. The predicted molar refractivity (Wildman–Crippen MR) is 97.1 cm³/mol. The van der Waals surface area contributed by atoms with E-state index in [1.807, 2.05) is 30.3 Å². The number of nitro benzene ring substituents is 1. The number of ether oxygens (including phenoxy) is 1. The fraction of sp³-hybridized carbons (Fsp3) is 0.263. The van der Waals surface area contributed by atoms with Gasteiger partial charge in [-0.05, 0) is 11.6 Å². The molecule has 3 rings (SSSR count). The largest absolute Gasteiger partial charge is 0.370 e. The van der Waals surface area contributed by atoms with Crippen LogP contribution in [0.2, 0.25) is 0 Å². The number of nitrogens with one attached hydrogen (secondary N) is 1. The Labute approximate surface area is 155 Å². The summed E-state index contributed by atoms with van der Waals surface area (Å²) < 4.78 is 5.73. The lowest BCUT2D eigenvalue weighted by Crippen LogP contribution is -2.46. The van der Waals surface area contributed by atoms with Crippen LogP contribution in [0.3, 0.4) is 0 Å². The molecular formula is C19H19N3O5. The van der Waals surface area contributed by atoms with Gasteiger partial charge < -0.3 is 15.0 Å². The molecule has 27 heavy (non-hydrogen) atoms. The van der Waals surface area contributed by atoms with E-state index in [2.05, 4.69) is 5.32 Å². The van der Waals surface area contributed by atoms with Crippen molar-refractivity contribution in [1.82, 2.24) is 10.2 Å². The first-order valence-electron chi connectivity index (χ1n) is 8.51. The lowest BCUT2D eigenvalue weighted by molar-refractivity contribution is -0.384.